The summed E-state index contributed by atoms with van der Waals surface area (Å²) >= 11 is 1.70. The summed E-state index contributed by atoms with van der Waals surface area (Å²) in [4.78, 5) is 4.61. The maximum atomic E-state index is 5.26. The first-order valence-corrected chi connectivity index (χ1v) is 7.41. The molecule has 5 heteroatoms. The molecule has 0 radical (unpaired) electrons. The quantitative estimate of drug-likeness (QED) is 0.775. The molecule has 0 amide bonds. The molecular formula is C16H16N2O2S. The highest BCUT2D eigenvalue weighted by molar-refractivity contribution is 7.18. The zero-order valence-electron chi connectivity index (χ0n) is 11.9. The molecule has 4 nitrogen and oxygen atoms in total. The van der Waals surface area contributed by atoms with Crippen molar-refractivity contribution in [3.63, 3.8) is 0 Å². The molecule has 0 saturated carbocycles. The smallest absolute Gasteiger partial charge is 0.124 e. The number of anilines is 1. The van der Waals surface area contributed by atoms with Gasteiger partial charge in [0.1, 0.15) is 16.5 Å². The number of nitrogens with zero attached hydrogens (tertiary/aromatic N) is 1. The SMILES string of the molecule is COc1cc(NCc2nc3ccccc3s2)cc(OC)c1. The minimum Gasteiger partial charge on any atom is -0.497 e. The molecule has 1 heterocycles. The van der Waals surface area contributed by atoms with Crippen molar-refractivity contribution in [1.29, 1.82) is 0 Å². The summed E-state index contributed by atoms with van der Waals surface area (Å²) in [5, 5.41) is 4.41. The molecule has 2 aromatic carbocycles. The summed E-state index contributed by atoms with van der Waals surface area (Å²) in [6.45, 7) is 0.676. The molecule has 0 spiro atoms. The van der Waals surface area contributed by atoms with Crippen LogP contribution in [0.15, 0.2) is 42.5 Å². The maximum Gasteiger partial charge on any atom is 0.124 e. The molecule has 0 aliphatic rings. The third-order valence-corrected chi connectivity index (χ3v) is 4.17. The molecular weight excluding hydrogens is 284 g/mol. The molecule has 0 aliphatic heterocycles. The van der Waals surface area contributed by atoms with E-state index in [1.165, 1.54) is 4.70 Å². The Labute approximate surface area is 127 Å². The van der Waals surface area contributed by atoms with Crippen LogP contribution in [-0.4, -0.2) is 19.2 Å². The van der Waals surface area contributed by atoms with Crippen LogP contribution in [0.1, 0.15) is 5.01 Å². The lowest BCUT2D eigenvalue weighted by atomic mass is 10.2. The van der Waals surface area contributed by atoms with Crippen molar-refractivity contribution >= 4 is 27.2 Å². The highest BCUT2D eigenvalue weighted by Gasteiger charge is 2.05. The fourth-order valence-electron chi connectivity index (χ4n) is 2.08. The molecule has 0 unspecified atom stereocenters. The van der Waals surface area contributed by atoms with Crippen LogP contribution in [0.2, 0.25) is 0 Å². The first-order valence-electron chi connectivity index (χ1n) is 6.60. The second-order valence-corrected chi connectivity index (χ2v) is 5.65. The van der Waals surface area contributed by atoms with Crippen molar-refractivity contribution in [3.8, 4) is 11.5 Å². The molecule has 0 atom stereocenters. The van der Waals surface area contributed by atoms with Crippen LogP contribution >= 0.6 is 11.3 Å². The van der Waals surface area contributed by atoms with Crippen LogP contribution in [0.3, 0.4) is 0 Å². The van der Waals surface area contributed by atoms with Gasteiger partial charge in [0.2, 0.25) is 0 Å². The van der Waals surface area contributed by atoms with Gasteiger partial charge in [-0.15, -0.1) is 11.3 Å². The third kappa shape index (κ3) is 3.08. The van der Waals surface area contributed by atoms with E-state index in [0.717, 1.165) is 27.7 Å². The van der Waals surface area contributed by atoms with E-state index in [9.17, 15) is 0 Å². The number of hydrogen-bond acceptors (Lipinski definition) is 5. The van der Waals surface area contributed by atoms with Crippen molar-refractivity contribution < 1.29 is 9.47 Å². The second kappa shape index (κ2) is 6.01. The summed E-state index contributed by atoms with van der Waals surface area (Å²) in [5.74, 6) is 1.53. The average molecular weight is 300 g/mol. The Morgan fingerprint density at radius 1 is 1.05 bits per heavy atom. The van der Waals surface area contributed by atoms with Crippen LogP contribution < -0.4 is 14.8 Å². The van der Waals surface area contributed by atoms with Gasteiger partial charge in [-0.25, -0.2) is 4.98 Å². The first kappa shape index (κ1) is 13.7. The summed E-state index contributed by atoms with van der Waals surface area (Å²) in [6, 6.07) is 13.9. The van der Waals surface area contributed by atoms with E-state index in [1.54, 1.807) is 25.6 Å². The highest BCUT2D eigenvalue weighted by Crippen LogP contribution is 2.27. The first-order chi connectivity index (χ1) is 10.3. The Morgan fingerprint density at radius 2 is 1.76 bits per heavy atom. The predicted molar refractivity (Wildman–Crippen MR) is 86.5 cm³/mol. The monoisotopic (exact) mass is 300 g/mol. The predicted octanol–water partition coefficient (Wildman–Crippen LogP) is 3.93. The van der Waals surface area contributed by atoms with E-state index in [2.05, 4.69) is 16.4 Å². The van der Waals surface area contributed by atoms with Crippen molar-refractivity contribution in [2.75, 3.05) is 19.5 Å². The molecule has 0 saturated heterocycles. The molecule has 21 heavy (non-hydrogen) atoms. The number of benzene rings is 2. The van der Waals surface area contributed by atoms with E-state index < -0.39 is 0 Å². The van der Waals surface area contributed by atoms with Gasteiger partial charge in [0, 0.05) is 23.9 Å². The van der Waals surface area contributed by atoms with Gasteiger partial charge in [0.05, 0.1) is 31.0 Å². The Morgan fingerprint density at radius 3 is 2.43 bits per heavy atom. The van der Waals surface area contributed by atoms with Crippen LogP contribution in [-0.2, 0) is 6.54 Å². The van der Waals surface area contributed by atoms with Gasteiger partial charge in [0.25, 0.3) is 0 Å². The fourth-order valence-corrected chi connectivity index (χ4v) is 2.99. The third-order valence-electron chi connectivity index (χ3n) is 3.13. The molecule has 0 fully saturated rings. The number of nitrogens with one attached hydrogen (secondary N) is 1. The van der Waals surface area contributed by atoms with Crippen LogP contribution in [0.4, 0.5) is 5.69 Å². The van der Waals surface area contributed by atoms with Crippen LogP contribution in [0, 0.1) is 0 Å². The molecule has 0 bridgehead atoms. The molecule has 108 valence electrons. The second-order valence-electron chi connectivity index (χ2n) is 4.53. The van der Waals surface area contributed by atoms with Gasteiger partial charge < -0.3 is 14.8 Å². The lowest BCUT2D eigenvalue weighted by molar-refractivity contribution is 0.394. The zero-order chi connectivity index (χ0) is 14.7. The minimum absolute atomic E-state index is 0.676. The number of hydrogen-bond donors (Lipinski definition) is 1. The lowest BCUT2D eigenvalue weighted by Crippen LogP contribution is -1.99. The number of fused-ring (bicyclic) bond motifs is 1. The summed E-state index contributed by atoms with van der Waals surface area (Å²) < 4.78 is 11.7. The highest BCUT2D eigenvalue weighted by atomic mass is 32.1. The Kier molecular flexibility index (Phi) is 3.92. The molecule has 3 rings (SSSR count). The Balaban J connectivity index is 1.77. The van der Waals surface area contributed by atoms with Crippen LogP contribution in [0.5, 0.6) is 11.5 Å². The Bertz CT molecular complexity index is 700. The van der Waals surface area contributed by atoms with E-state index in [1.807, 2.05) is 36.4 Å². The van der Waals surface area contributed by atoms with Crippen molar-refractivity contribution in [3.05, 3.63) is 47.5 Å². The van der Waals surface area contributed by atoms with Gasteiger partial charge >= 0.3 is 0 Å². The molecule has 1 N–H and O–H groups in total. The largest absolute Gasteiger partial charge is 0.497 e. The van der Waals surface area contributed by atoms with E-state index in [-0.39, 0.29) is 0 Å². The van der Waals surface area contributed by atoms with Crippen LogP contribution in [0.25, 0.3) is 10.2 Å². The minimum atomic E-state index is 0.676. The molecule has 3 aromatic rings. The standard InChI is InChI=1S/C16H16N2O2S/c1-19-12-7-11(8-13(9-12)20-2)17-10-16-18-14-5-3-4-6-15(14)21-16/h3-9,17H,10H2,1-2H3. The molecule has 0 aliphatic carbocycles. The normalized spacial score (nSPS) is 10.6. The van der Waals surface area contributed by atoms with Crippen molar-refractivity contribution in [2.45, 2.75) is 6.54 Å². The number of methoxy groups -OCH3 is 2. The number of rotatable bonds is 5. The fraction of sp³-hybridized carbons (Fsp3) is 0.188. The number of ether oxygens (including phenoxy) is 2. The van der Waals surface area contributed by atoms with Gasteiger partial charge in [-0.2, -0.15) is 0 Å². The van der Waals surface area contributed by atoms with Gasteiger partial charge in [0.15, 0.2) is 0 Å². The van der Waals surface area contributed by atoms with E-state index in [0.29, 0.717) is 6.54 Å². The van der Waals surface area contributed by atoms with E-state index in [4.69, 9.17) is 9.47 Å². The van der Waals surface area contributed by atoms with Gasteiger partial charge in [-0.1, -0.05) is 12.1 Å². The summed E-state index contributed by atoms with van der Waals surface area (Å²) in [6.07, 6.45) is 0. The topological polar surface area (TPSA) is 43.4 Å². The summed E-state index contributed by atoms with van der Waals surface area (Å²) in [7, 11) is 3.29. The van der Waals surface area contributed by atoms with Crippen molar-refractivity contribution in [2.24, 2.45) is 0 Å². The number of aromatic nitrogens is 1. The summed E-state index contributed by atoms with van der Waals surface area (Å²) in [5.41, 5.74) is 1.99. The number of thiazole rings is 1. The van der Waals surface area contributed by atoms with Gasteiger partial charge in [-0.3, -0.25) is 0 Å². The number of para-hydroxylation sites is 1. The molecule has 1 aromatic heterocycles. The van der Waals surface area contributed by atoms with Crippen molar-refractivity contribution in [1.82, 2.24) is 4.98 Å². The Hall–Kier alpha value is -2.27. The zero-order valence-corrected chi connectivity index (χ0v) is 12.7. The van der Waals surface area contributed by atoms with E-state index >= 15 is 0 Å². The lowest BCUT2D eigenvalue weighted by Gasteiger charge is -2.09. The maximum absolute atomic E-state index is 5.26. The average Bonchev–Trinajstić information content (AvgIpc) is 2.95. The van der Waals surface area contributed by atoms with Gasteiger partial charge in [-0.05, 0) is 12.1 Å².